The summed E-state index contributed by atoms with van der Waals surface area (Å²) in [6.45, 7) is 5.56. The fraction of sp³-hybridized carbons (Fsp3) is 0.600. The van der Waals surface area contributed by atoms with Crippen molar-refractivity contribution in [2.24, 2.45) is 16.9 Å². The molecule has 3 N–H and O–H groups in total. The number of amides is 3. The van der Waals surface area contributed by atoms with Crippen LogP contribution in [0.15, 0.2) is 35.4 Å². The van der Waals surface area contributed by atoms with Gasteiger partial charge in [0.05, 0.1) is 11.7 Å². The van der Waals surface area contributed by atoms with Crippen molar-refractivity contribution in [1.29, 1.82) is 0 Å². The average molecular weight is 501 g/mol. The van der Waals surface area contributed by atoms with Gasteiger partial charge < -0.3 is 20.4 Å². The Morgan fingerprint density at radius 3 is 2.69 bits per heavy atom. The number of hydrogen-bond donors (Lipinski definition) is 3. The lowest BCUT2D eigenvalue weighted by Crippen LogP contribution is -2.67. The predicted octanol–water partition coefficient (Wildman–Crippen LogP) is 2.06. The number of carbonyl (C=O) groups is 3. The molecule has 4 rings (SSSR count). The second kappa shape index (κ2) is 11.8. The molecule has 190 valence electrons. The van der Waals surface area contributed by atoms with Crippen LogP contribution in [0.3, 0.4) is 0 Å². The van der Waals surface area contributed by atoms with Crippen molar-refractivity contribution in [3.63, 3.8) is 0 Å². The lowest BCUT2D eigenvalue weighted by Gasteiger charge is -2.50. The molecule has 2 fully saturated rings. The van der Waals surface area contributed by atoms with Crippen molar-refractivity contribution in [3.8, 4) is 0 Å². The molecule has 9 nitrogen and oxygen atoms in total. The van der Waals surface area contributed by atoms with Crippen LogP contribution in [0.4, 0.5) is 0 Å². The van der Waals surface area contributed by atoms with E-state index in [1.807, 2.05) is 30.3 Å². The monoisotopic (exact) mass is 500 g/mol. The fourth-order valence-electron chi connectivity index (χ4n) is 4.89. The third kappa shape index (κ3) is 6.28. The number of thioether (sulfide) groups is 1. The molecule has 0 aromatic heterocycles. The highest BCUT2D eigenvalue weighted by Gasteiger charge is 2.50. The highest BCUT2D eigenvalue weighted by Crippen LogP contribution is 2.38. The third-order valence-electron chi connectivity index (χ3n) is 6.69. The van der Waals surface area contributed by atoms with Gasteiger partial charge in [0.1, 0.15) is 0 Å². The van der Waals surface area contributed by atoms with E-state index in [0.717, 1.165) is 36.4 Å². The topological polar surface area (TPSA) is 106 Å². The Kier molecular flexibility index (Phi) is 8.54. The predicted molar refractivity (Wildman–Crippen MR) is 137 cm³/mol. The highest BCUT2D eigenvalue weighted by molar-refractivity contribution is 8.14. The molecular weight excluding hydrogens is 464 g/mol. The number of nitrogens with zero attached hydrogens (tertiary/aromatic N) is 3. The maximum atomic E-state index is 13.4. The SMILES string of the molecule is CC(C)CNC(=O)CCN1C(=O)C2CCCCC2N2C(SCC(=O)NCc3ccccc3)=NNC12. The number of nitrogens with one attached hydrogen (secondary N) is 3. The minimum atomic E-state index is -0.408. The average Bonchev–Trinajstić information content (AvgIpc) is 3.29. The first-order valence-electron chi connectivity index (χ1n) is 12.6. The summed E-state index contributed by atoms with van der Waals surface area (Å²) < 4.78 is 0. The molecule has 3 atom stereocenters. The number of benzene rings is 1. The summed E-state index contributed by atoms with van der Waals surface area (Å²) in [5, 5.41) is 11.1. The largest absolute Gasteiger partial charge is 0.356 e. The Bertz CT molecular complexity index is 940. The van der Waals surface area contributed by atoms with E-state index in [1.54, 1.807) is 4.90 Å². The highest BCUT2D eigenvalue weighted by atomic mass is 32.2. The summed E-state index contributed by atoms with van der Waals surface area (Å²) >= 11 is 1.39. The molecule has 3 unspecified atom stereocenters. The van der Waals surface area contributed by atoms with Crippen LogP contribution >= 0.6 is 11.8 Å². The van der Waals surface area contributed by atoms with Crippen LogP contribution in [-0.4, -0.2) is 63.9 Å². The Hall–Kier alpha value is -2.75. The second-order valence-corrected chi connectivity index (χ2v) is 10.7. The van der Waals surface area contributed by atoms with Crippen molar-refractivity contribution >= 4 is 34.7 Å². The zero-order valence-electron chi connectivity index (χ0n) is 20.5. The van der Waals surface area contributed by atoms with E-state index in [9.17, 15) is 14.4 Å². The van der Waals surface area contributed by atoms with Gasteiger partial charge in [0.25, 0.3) is 0 Å². The van der Waals surface area contributed by atoms with Crippen molar-refractivity contribution in [2.45, 2.75) is 64.8 Å². The van der Waals surface area contributed by atoms with Gasteiger partial charge in [-0.25, -0.2) is 0 Å². The lowest BCUT2D eigenvalue weighted by atomic mass is 9.81. The van der Waals surface area contributed by atoms with E-state index in [2.05, 4.69) is 39.9 Å². The van der Waals surface area contributed by atoms with Crippen molar-refractivity contribution < 1.29 is 14.4 Å². The van der Waals surface area contributed by atoms with Gasteiger partial charge >= 0.3 is 0 Å². The third-order valence-corrected chi connectivity index (χ3v) is 7.66. The first-order valence-corrected chi connectivity index (χ1v) is 13.5. The van der Waals surface area contributed by atoms with Crippen LogP contribution in [0.1, 0.15) is 51.5 Å². The normalized spacial score (nSPS) is 23.3. The number of carbonyl (C=O) groups excluding carboxylic acids is 3. The van der Waals surface area contributed by atoms with E-state index in [4.69, 9.17) is 0 Å². The first-order chi connectivity index (χ1) is 16.9. The molecule has 2 aliphatic heterocycles. The van der Waals surface area contributed by atoms with Crippen LogP contribution < -0.4 is 16.1 Å². The summed E-state index contributed by atoms with van der Waals surface area (Å²) in [5.74, 6) is 0.519. The first kappa shape index (κ1) is 25.3. The van der Waals surface area contributed by atoms with Gasteiger partial charge in [0, 0.05) is 32.1 Å². The quantitative estimate of drug-likeness (QED) is 0.479. The van der Waals surface area contributed by atoms with Gasteiger partial charge in [-0.1, -0.05) is 68.8 Å². The summed E-state index contributed by atoms with van der Waals surface area (Å²) in [7, 11) is 0. The summed E-state index contributed by atoms with van der Waals surface area (Å²) in [4.78, 5) is 42.1. The van der Waals surface area contributed by atoms with Crippen LogP contribution in [0.5, 0.6) is 0 Å². The van der Waals surface area contributed by atoms with Gasteiger partial charge in [-0.15, -0.1) is 0 Å². The molecule has 1 aliphatic carbocycles. The molecular formula is C25H36N6O3S. The Labute approximate surface area is 211 Å². The molecule has 2 heterocycles. The Balaban J connectivity index is 1.36. The Morgan fingerprint density at radius 1 is 1.14 bits per heavy atom. The van der Waals surface area contributed by atoms with E-state index < -0.39 is 6.29 Å². The molecule has 0 bridgehead atoms. The van der Waals surface area contributed by atoms with Crippen LogP contribution in [-0.2, 0) is 20.9 Å². The van der Waals surface area contributed by atoms with Gasteiger partial charge in [-0.05, 0) is 24.3 Å². The number of hydrazone groups is 1. The molecule has 35 heavy (non-hydrogen) atoms. The second-order valence-electron chi connectivity index (χ2n) is 9.79. The summed E-state index contributed by atoms with van der Waals surface area (Å²) in [6.07, 6.45) is 3.73. The molecule has 1 saturated carbocycles. The number of fused-ring (bicyclic) bond motifs is 3. The van der Waals surface area contributed by atoms with Crippen LogP contribution in [0.2, 0.25) is 0 Å². The zero-order valence-corrected chi connectivity index (χ0v) is 21.4. The molecule has 1 aromatic rings. The summed E-state index contributed by atoms with van der Waals surface area (Å²) in [5.41, 5.74) is 4.17. The molecule has 0 radical (unpaired) electrons. The van der Waals surface area contributed by atoms with Gasteiger partial charge in [-0.2, -0.15) is 5.10 Å². The minimum Gasteiger partial charge on any atom is -0.356 e. The Morgan fingerprint density at radius 2 is 1.91 bits per heavy atom. The van der Waals surface area contributed by atoms with Crippen molar-refractivity contribution in [2.75, 3.05) is 18.8 Å². The number of rotatable bonds is 9. The smallest absolute Gasteiger partial charge is 0.230 e. The van der Waals surface area contributed by atoms with Crippen molar-refractivity contribution in [3.05, 3.63) is 35.9 Å². The maximum Gasteiger partial charge on any atom is 0.230 e. The standard InChI is InChI=1S/C25H36N6O3S/c1-17(2)14-26-21(32)12-13-30-23(34)19-10-6-7-11-20(19)31-24(30)28-29-25(31)35-16-22(33)27-15-18-8-4-3-5-9-18/h3-5,8-9,17,19-20,24,28H,6-7,10-16H2,1-2H3,(H,26,32)(H,27,33). The van der Waals surface area contributed by atoms with Crippen LogP contribution in [0, 0.1) is 11.8 Å². The van der Waals surface area contributed by atoms with Gasteiger partial charge in [0.2, 0.25) is 17.7 Å². The molecule has 1 saturated heterocycles. The fourth-order valence-corrected chi connectivity index (χ4v) is 5.76. The van der Waals surface area contributed by atoms with Gasteiger partial charge in [0.15, 0.2) is 11.5 Å². The van der Waals surface area contributed by atoms with Crippen LogP contribution in [0.25, 0.3) is 0 Å². The molecule has 1 aromatic carbocycles. The van der Waals surface area contributed by atoms with E-state index in [0.29, 0.717) is 25.6 Å². The summed E-state index contributed by atoms with van der Waals surface area (Å²) in [6, 6.07) is 9.89. The van der Waals surface area contributed by atoms with Gasteiger partial charge in [-0.3, -0.25) is 19.8 Å². The number of amidine groups is 1. The molecule has 0 spiro atoms. The minimum absolute atomic E-state index is 0.0487. The van der Waals surface area contributed by atoms with E-state index in [-0.39, 0.29) is 41.9 Å². The van der Waals surface area contributed by atoms with E-state index >= 15 is 0 Å². The lowest BCUT2D eigenvalue weighted by molar-refractivity contribution is -0.155. The van der Waals surface area contributed by atoms with E-state index in [1.165, 1.54) is 11.8 Å². The molecule has 3 amide bonds. The zero-order chi connectivity index (χ0) is 24.8. The molecule has 3 aliphatic rings. The maximum absolute atomic E-state index is 13.4. The number of hydrogen-bond acceptors (Lipinski definition) is 7. The molecule has 10 heteroatoms. The van der Waals surface area contributed by atoms with Crippen molar-refractivity contribution in [1.82, 2.24) is 25.9 Å².